The molecule has 150 valence electrons. The van der Waals surface area contributed by atoms with Crippen molar-refractivity contribution in [2.24, 2.45) is 7.05 Å². The van der Waals surface area contributed by atoms with Crippen molar-refractivity contribution >= 4 is 29.1 Å². The van der Waals surface area contributed by atoms with Gasteiger partial charge < -0.3 is 17.3 Å². The SMILES string of the molecule is Cc1cc(C)c(-c2c3ccccc3[n+](C)c3ccccc23)c(C)c1.F[B-](F)(F)F. The highest BCUT2D eigenvalue weighted by Gasteiger charge is 2.21. The molecule has 1 nitrogen and oxygen atoms in total. The second kappa shape index (κ2) is 7.86. The van der Waals surface area contributed by atoms with Crippen LogP contribution in [0.1, 0.15) is 16.7 Å². The Kier molecular flexibility index (Phi) is 5.65. The molecule has 0 saturated carbocycles. The molecule has 29 heavy (non-hydrogen) atoms. The second-order valence-electron chi connectivity index (χ2n) is 7.24. The van der Waals surface area contributed by atoms with Crippen LogP contribution in [0.4, 0.5) is 17.3 Å². The van der Waals surface area contributed by atoms with Crippen LogP contribution in [0.3, 0.4) is 0 Å². The third-order valence-electron chi connectivity index (χ3n) is 5.00. The van der Waals surface area contributed by atoms with Crippen molar-refractivity contribution in [3.8, 4) is 11.1 Å². The molecule has 0 N–H and O–H groups in total. The predicted molar refractivity (Wildman–Crippen MR) is 112 cm³/mol. The molecule has 0 amide bonds. The first kappa shape index (κ1) is 20.8. The van der Waals surface area contributed by atoms with E-state index in [9.17, 15) is 17.3 Å². The fourth-order valence-electron chi connectivity index (χ4n) is 4.07. The van der Waals surface area contributed by atoms with Gasteiger partial charge in [-0.15, -0.1) is 0 Å². The van der Waals surface area contributed by atoms with Gasteiger partial charge in [-0.05, 0) is 49.6 Å². The van der Waals surface area contributed by atoms with E-state index in [0.29, 0.717) is 0 Å². The summed E-state index contributed by atoms with van der Waals surface area (Å²) >= 11 is 0. The first-order valence-electron chi connectivity index (χ1n) is 9.33. The van der Waals surface area contributed by atoms with Gasteiger partial charge in [-0.1, -0.05) is 42.0 Å². The Bertz CT molecular complexity index is 1110. The molecule has 0 radical (unpaired) electrons. The Labute approximate surface area is 167 Å². The zero-order valence-corrected chi connectivity index (χ0v) is 16.8. The second-order valence-corrected chi connectivity index (χ2v) is 7.24. The van der Waals surface area contributed by atoms with Crippen LogP contribution in [0.5, 0.6) is 0 Å². The Morgan fingerprint density at radius 1 is 0.655 bits per heavy atom. The Hall–Kier alpha value is -2.89. The minimum absolute atomic E-state index is 1.27. The normalized spacial score (nSPS) is 11.4. The zero-order chi connectivity index (χ0) is 21.3. The molecule has 0 aliphatic heterocycles. The van der Waals surface area contributed by atoms with Crippen molar-refractivity contribution in [3.63, 3.8) is 0 Å². The molecule has 0 unspecified atom stereocenters. The molecular formula is C23H22BF4N. The van der Waals surface area contributed by atoms with Gasteiger partial charge in [-0.3, -0.25) is 0 Å². The van der Waals surface area contributed by atoms with Crippen LogP contribution in [0.15, 0.2) is 60.7 Å². The van der Waals surface area contributed by atoms with Gasteiger partial charge >= 0.3 is 7.25 Å². The smallest absolute Gasteiger partial charge is 0.418 e. The minimum Gasteiger partial charge on any atom is -0.418 e. The number of pyridine rings is 1. The molecule has 0 bridgehead atoms. The fourth-order valence-corrected chi connectivity index (χ4v) is 4.07. The lowest BCUT2D eigenvalue weighted by Crippen LogP contribution is -2.30. The highest BCUT2D eigenvalue weighted by molar-refractivity contribution is 6.50. The summed E-state index contributed by atoms with van der Waals surface area (Å²) in [4.78, 5) is 0. The van der Waals surface area contributed by atoms with Gasteiger partial charge in [0.1, 0.15) is 7.05 Å². The number of aromatic nitrogens is 1. The summed E-state index contributed by atoms with van der Waals surface area (Å²) in [6.07, 6.45) is 0. The van der Waals surface area contributed by atoms with Crippen molar-refractivity contribution in [2.45, 2.75) is 20.8 Å². The van der Waals surface area contributed by atoms with Gasteiger partial charge in [-0.25, -0.2) is 0 Å². The summed E-state index contributed by atoms with van der Waals surface area (Å²) in [5.41, 5.74) is 9.27. The van der Waals surface area contributed by atoms with E-state index in [0.717, 1.165) is 0 Å². The van der Waals surface area contributed by atoms with Crippen LogP contribution < -0.4 is 4.57 Å². The van der Waals surface area contributed by atoms with Crippen molar-refractivity contribution in [2.75, 3.05) is 0 Å². The number of nitrogens with zero attached hydrogens (tertiary/aromatic N) is 1. The van der Waals surface area contributed by atoms with E-state index in [-0.39, 0.29) is 0 Å². The van der Waals surface area contributed by atoms with E-state index in [2.05, 4.69) is 93.0 Å². The maximum absolute atomic E-state index is 9.75. The number of hydrogen-bond acceptors (Lipinski definition) is 0. The summed E-state index contributed by atoms with van der Waals surface area (Å²) in [6, 6.07) is 22.0. The molecule has 4 rings (SSSR count). The van der Waals surface area contributed by atoms with Crippen LogP contribution in [0.2, 0.25) is 0 Å². The van der Waals surface area contributed by atoms with E-state index < -0.39 is 7.25 Å². The molecule has 0 saturated heterocycles. The Balaban J connectivity index is 0.000000431. The van der Waals surface area contributed by atoms with Gasteiger partial charge in [-0.2, -0.15) is 4.57 Å². The number of halogens is 4. The van der Waals surface area contributed by atoms with E-state index in [1.54, 1.807) is 0 Å². The number of para-hydroxylation sites is 2. The van der Waals surface area contributed by atoms with Gasteiger partial charge in [0, 0.05) is 17.7 Å². The van der Waals surface area contributed by atoms with Gasteiger partial charge in [0.2, 0.25) is 11.0 Å². The third kappa shape index (κ3) is 4.42. The van der Waals surface area contributed by atoms with Crippen molar-refractivity contribution in [1.82, 2.24) is 0 Å². The first-order chi connectivity index (χ1) is 13.6. The molecule has 3 aromatic carbocycles. The van der Waals surface area contributed by atoms with Crippen molar-refractivity contribution < 1.29 is 21.8 Å². The number of hydrogen-bond donors (Lipinski definition) is 0. The largest absolute Gasteiger partial charge is 0.673 e. The van der Waals surface area contributed by atoms with Gasteiger partial charge in [0.25, 0.3) is 0 Å². The topological polar surface area (TPSA) is 3.88 Å². The summed E-state index contributed by atoms with van der Waals surface area (Å²) < 4.78 is 41.3. The highest BCUT2D eigenvalue weighted by atomic mass is 19.5. The summed E-state index contributed by atoms with van der Waals surface area (Å²) in [5, 5.41) is 2.63. The Morgan fingerprint density at radius 2 is 1.03 bits per heavy atom. The highest BCUT2D eigenvalue weighted by Crippen LogP contribution is 2.37. The lowest BCUT2D eigenvalue weighted by molar-refractivity contribution is -0.617. The van der Waals surface area contributed by atoms with Crippen molar-refractivity contribution in [1.29, 1.82) is 0 Å². The van der Waals surface area contributed by atoms with Crippen LogP contribution >= 0.6 is 0 Å². The first-order valence-corrected chi connectivity index (χ1v) is 9.33. The number of rotatable bonds is 1. The molecule has 6 heteroatoms. The van der Waals surface area contributed by atoms with Crippen LogP contribution in [-0.4, -0.2) is 7.25 Å². The van der Waals surface area contributed by atoms with Crippen LogP contribution in [-0.2, 0) is 7.05 Å². The lowest BCUT2D eigenvalue weighted by Gasteiger charge is -2.16. The van der Waals surface area contributed by atoms with Gasteiger partial charge in [0.15, 0.2) is 0 Å². The Morgan fingerprint density at radius 3 is 1.45 bits per heavy atom. The molecule has 0 atom stereocenters. The number of aryl methyl sites for hydroxylation is 4. The summed E-state index contributed by atoms with van der Waals surface area (Å²) in [5.74, 6) is 0. The quantitative estimate of drug-likeness (QED) is 0.145. The van der Waals surface area contributed by atoms with E-state index in [1.165, 1.54) is 49.6 Å². The maximum Gasteiger partial charge on any atom is 0.673 e. The average molecular weight is 399 g/mol. The zero-order valence-electron chi connectivity index (χ0n) is 16.8. The molecule has 0 spiro atoms. The lowest BCUT2D eigenvalue weighted by atomic mass is 9.89. The molecule has 0 aliphatic carbocycles. The summed E-state index contributed by atoms with van der Waals surface area (Å²) in [6.45, 7) is 6.63. The summed E-state index contributed by atoms with van der Waals surface area (Å²) in [7, 11) is -3.84. The molecule has 1 heterocycles. The fraction of sp³-hybridized carbons (Fsp3) is 0.174. The minimum atomic E-state index is -6.00. The third-order valence-corrected chi connectivity index (χ3v) is 5.00. The number of fused-ring (bicyclic) bond motifs is 2. The monoisotopic (exact) mass is 399 g/mol. The van der Waals surface area contributed by atoms with E-state index in [4.69, 9.17) is 0 Å². The van der Waals surface area contributed by atoms with Gasteiger partial charge in [0.05, 0.1) is 10.8 Å². The van der Waals surface area contributed by atoms with E-state index in [1.807, 2.05) is 0 Å². The molecule has 1 aromatic heterocycles. The maximum atomic E-state index is 9.75. The van der Waals surface area contributed by atoms with Crippen LogP contribution in [0, 0.1) is 20.8 Å². The standard InChI is InChI=1S/C23H22N.BF4/c1-15-13-16(2)22(17(3)14-15)23-18-9-5-7-11-20(18)24(4)21-12-8-6-10-19(21)23;2-1(3,4)5/h5-14H,1-4H3;/q+1;-1. The predicted octanol–water partition coefficient (Wildman–Crippen LogP) is 6.71. The molecule has 0 aliphatic rings. The van der Waals surface area contributed by atoms with Crippen LogP contribution in [0.25, 0.3) is 32.9 Å². The molecule has 0 fully saturated rings. The molecular weight excluding hydrogens is 377 g/mol. The molecule has 4 aromatic rings. The average Bonchev–Trinajstić information content (AvgIpc) is 2.62. The van der Waals surface area contributed by atoms with Crippen molar-refractivity contribution in [3.05, 3.63) is 77.4 Å². The van der Waals surface area contributed by atoms with E-state index >= 15 is 0 Å². The number of benzene rings is 3.